The first-order chi connectivity index (χ1) is 20.1. The molecule has 42 heavy (non-hydrogen) atoms. The number of carbonyl (C=O) groups excluding carboxylic acids is 3. The van der Waals surface area contributed by atoms with Gasteiger partial charge in [-0.2, -0.15) is 0 Å². The number of hydrogen-bond acceptors (Lipinski definition) is 6. The maximum Gasteiger partial charge on any atom is 0.326 e. The maximum atomic E-state index is 13.8. The number of nitrogens with one attached hydrogen (secondary N) is 5. The Morgan fingerprint density at radius 1 is 0.905 bits per heavy atom. The lowest BCUT2D eigenvalue weighted by atomic mass is 10.00. The van der Waals surface area contributed by atoms with E-state index in [0.29, 0.717) is 18.5 Å². The van der Waals surface area contributed by atoms with Crippen molar-refractivity contribution in [3.63, 3.8) is 0 Å². The van der Waals surface area contributed by atoms with Crippen LogP contribution < -0.4 is 21.3 Å². The average Bonchev–Trinajstić information content (AvgIpc) is 3.64. The van der Waals surface area contributed by atoms with E-state index in [9.17, 15) is 29.4 Å². The van der Waals surface area contributed by atoms with Gasteiger partial charge in [-0.15, -0.1) is 0 Å². The van der Waals surface area contributed by atoms with Crippen LogP contribution >= 0.6 is 0 Å². The molecule has 2 aromatic carbocycles. The van der Waals surface area contributed by atoms with Crippen molar-refractivity contribution in [1.29, 1.82) is 0 Å². The van der Waals surface area contributed by atoms with Gasteiger partial charge in [0, 0.05) is 29.9 Å². The Balaban J connectivity index is 1.59. The Kier molecular flexibility index (Phi) is 10.2. The molecule has 1 saturated heterocycles. The second-order valence-electron chi connectivity index (χ2n) is 11.2. The fraction of sp³-hybridized carbons (Fsp3) is 0.419. The summed E-state index contributed by atoms with van der Waals surface area (Å²) in [5.74, 6) is -2.59. The van der Waals surface area contributed by atoms with Gasteiger partial charge in [0.25, 0.3) is 0 Å². The zero-order valence-electron chi connectivity index (χ0n) is 23.9. The van der Waals surface area contributed by atoms with Crippen LogP contribution in [0.2, 0.25) is 0 Å². The van der Waals surface area contributed by atoms with Crippen LogP contribution in [0.4, 0.5) is 0 Å². The van der Waals surface area contributed by atoms with Crippen LogP contribution in [0.1, 0.15) is 44.2 Å². The number of H-pyrrole nitrogens is 1. The van der Waals surface area contributed by atoms with Gasteiger partial charge in [0.05, 0.1) is 6.04 Å². The third kappa shape index (κ3) is 8.10. The summed E-state index contributed by atoms with van der Waals surface area (Å²) in [6.07, 6.45) is 3.71. The van der Waals surface area contributed by atoms with Gasteiger partial charge >= 0.3 is 5.97 Å². The highest BCUT2D eigenvalue weighted by Crippen LogP contribution is 2.20. The minimum Gasteiger partial charge on any atom is -0.508 e. The topological polar surface area (TPSA) is 173 Å². The molecule has 4 atom stereocenters. The number of aliphatic carboxylic acids is 1. The van der Waals surface area contributed by atoms with Crippen molar-refractivity contribution in [3.05, 3.63) is 65.9 Å². The number of phenols is 1. The van der Waals surface area contributed by atoms with Crippen LogP contribution in [0.15, 0.2) is 54.7 Å². The number of carbonyl (C=O) groups is 4. The lowest BCUT2D eigenvalue weighted by molar-refractivity contribution is -0.142. The average molecular weight is 578 g/mol. The van der Waals surface area contributed by atoms with Crippen molar-refractivity contribution in [2.45, 2.75) is 70.1 Å². The fourth-order valence-electron chi connectivity index (χ4n) is 5.22. The van der Waals surface area contributed by atoms with Gasteiger partial charge in [0.1, 0.15) is 23.9 Å². The summed E-state index contributed by atoms with van der Waals surface area (Å²) in [6, 6.07) is 10.2. The number of amides is 3. The predicted molar refractivity (Wildman–Crippen MR) is 158 cm³/mol. The van der Waals surface area contributed by atoms with Crippen LogP contribution in [-0.4, -0.2) is 69.6 Å². The molecule has 0 radical (unpaired) electrons. The van der Waals surface area contributed by atoms with E-state index >= 15 is 0 Å². The Bertz CT molecular complexity index is 1400. The molecular formula is C31H39N5O6. The molecule has 0 saturated carbocycles. The Morgan fingerprint density at radius 2 is 1.57 bits per heavy atom. The number of carboxylic acid groups (broad SMARTS) is 1. The van der Waals surface area contributed by atoms with E-state index < -0.39 is 42.0 Å². The summed E-state index contributed by atoms with van der Waals surface area (Å²) in [7, 11) is 0. The van der Waals surface area contributed by atoms with Gasteiger partial charge in [-0.05, 0) is 61.1 Å². The SMILES string of the molecule is CC(C)C[C@H](NC(=O)[C@H](Cc1c[nH]c2ccccc12)NC(=O)[C@H](Cc1ccc(O)cc1)NC(=O)[C@@H]1CCCN1)C(=O)O. The normalized spacial score (nSPS) is 17.0. The van der Waals surface area contributed by atoms with Crippen molar-refractivity contribution in [1.82, 2.24) is 26.3 Å². The number of phenolic OH excluding ortho intramolecular Hbond substituents is 1. The smallest absolute Gasteiger partial charge is 0.326 e. The first kappa shape index (κ1) is 30.6. The number of aromatic nitrogens is 1. The van der Waals surface area contributed by atoms with Gasteiger partial charge in [-0.25, -0.2) is 4.79 Å². The van der Waals surface area contributed by atoms with Gasteiger partial charge in [-0.3, -0.25) is 14.4 Å². The van der Waals surface area contributed by atoms with Gasteiger partial charge in [0.2, 0.25) is 17.7 Å². The second-order valence-corrected chi connectivity index (χ2v) is 11.2. The lowest BCUT2D eigenvalue weighted by Crippen LogP contribution is -2.58. The minimum atomic E-state index is -1.16. The molecule has 1 aliphatic rings. The summed E-state index contributed by atoms with van der Waals surface area (Å²) >= 11 is 0. The quantitative estimate of drug-likeness (QED) is 0.163. The number of aromatic amines is 1. The molecule has 3 amide bonds. The summed E-state index contributed by atoms with van der Waals surface area (Å²) in [4.78, 5) is 55.4. The summed E-state index contributed by atoms with van der Waals surface area (Å²) in [5, 5.41) is 31.7. The van der Waals surface area contributed by atoms with Crippen LogP contribution in [0.25, 0.3) is 10.9 Å². The van der Waals surface area contributed by atoms with Crippen LogP contribution in [-0.2, 0) is 32.0 Å². The molecule has 11 nitrogen and oxygen atoms in total. The molecule has 2 heterocycles. The minimum absolute atomic E-state index is 0.0159. The van der Waals surface area contributed by atoms with Crippen LogP contribution in [0, 0.1) is 5.92 Å². The molecule has 1 aliphatic heterocycles. The number of rotatable bonds is 13. The molecule has 0 bridgehead atoms. The highest BCUT2D eigenvalue weighted by Gasteiger charge is 2.32. The van der Waals surface area contributed by atoms with E-state index in [0.717, 1.165) is 22.9 Å². The van der Waals surface area contributed by atoms with E-state index in [1.807, 2.05) is 38.1 Å². The third-order valence-corrected chi connectivity index (χ3v) is 7.44. The number of fused-ring (bicyclic) bond motifs is 1. The van der Waals surface area contributed by atoms with Crippen LogP contribution in [0.3, 0.4) is 0 Å². The maximum absolute atomic E-state index is 13.8. The predicted octanol–water partition coefficient (Wildman–Crippen LogP) is 2.00. The summed E-state index contributed by atoms with van der Waals surface area (Å²) < 4.78 is 0. The molecule has 224 valence electrons. The molecular weight excluding hydrogens is 538 g/mol. The standard InChI is InChI=1S/C31H39N5O6/c1-18(2)14-27(31(41)42)36-30(40)26(16-20-17-33-23-7-4-3-6-22(20)23)35-29(39)25(15-19-9-11-21(37)12-10-19)34-28(38)24-8-5-13-32-24/h3-4,6-7,9-12,17-18,24-27,32-33,37H,5,8,13-16H2,1-2H3,(H,34,38)(H,35,39)(H,36,40)(H,41,42)/t24-,25-,26-,27-/m0/s1. The molecule has 0 spiro atoms. The highest BCUT2D eigenvalue weighted by molar-refractivity contribution is 5.95. The molecule has 11 heteroatoms. The Labute approximate surface area is 244 Å². The number of benzene rings is 2. The van der Waals surface area contributed by atoms with Gasteiger partial charge in [-0.1, -0.05) is 44.2 Å². The van der Waals surface area contributed by atoms with Crippen molar-refractivity contribution < 1.29 is 29.4 Å². The largest absolute Gasteiger partial charge is 0.508 e. The first-order valence-electron chi connectivity index (χ1n) is 14.3. The first-order valence-corrected chi connectivity index (χ1v) is 14.3. The molecule has 4 rings (SSSR count). The molecule has 0 unspecified atom stereocenters. The zero-order valence-corrected chi connectivity index (χ0v) is 23.9. The fourth-order valence-corrected chi connectivity index (χ4v) is 5.22. The third-order valence-electron chi connectivity index (χ3n) is 7.44. The lowest BCUT2D eigenvalue weighted by Gasteiger charge is -2.26. The van der Waals surface area contributed by atoms with Gasteiger partial charge < -0.3 is 36.5 Å². The van der Waals surface area contributed by atoms with E-state index in [4.69, 9.17) is 0 Å². The van der Waals surface area contributed by atoms with E-state index in [1.165, 1.54) is 12.1 Å². The van der Waals surface area contributed by atoms with E-state index in [-0.39, 0.29) is 36.8 Å². The Hall–Kier alpha value is -4.38. The van der Waals surface area contributed by atoms with Crippen molar-refractivity contribution >= 4 is 34.6 Å². The number of aromatic hydroxyl groups is 1. The van der Waals surface area contributed by atoms with Crippen molar-refractivity contribution in [2.75, 3.05) is 6.54 Å². The van der Waals surface area contributed by atoms with E-state index in [2.05, 4.69) is 26.3 Å². The molecule has 1 aromatic heterocycles. The molecule has 1 fully saturated rings. The highest BCUT2D eigenvalue weighted by atomic mass is 16.4. The van der Waals surface area contributed by atoms with Crippen molar-refractivity contribution in [2.24, 2.45) is 5.92 Å². The monoisotopic (exact) mass is 577 g/mol. The van der Waals surface area contributed by atoms with Gasteiger partial charge in [0.15, 0.2) is 0 Å². The van der Waals surface area contributed by atoms with Crippen LogP contribution in [0.5, 0.6) is 5.75 Å². The summed E-state index contributed by atoms with van der Waals surface area (Å²) in [6.45, 7) is 4.44. The van der Waals surface area contributed by atoms with E-state index in [1.54, 1.807) is 18.3 Å². The summed E-state index contributed by atoms with van der Waals surface area (Å²) in [5.41, 5.74) is 2.34. The molecule has 7 N–H and O–H groups in total. The Morgan fingerprint density at radius 3 is 2.21 bits per heavy atom. The number of hydrogen-bond donors (Lipinski definition) is 7. The molecule has 3 aromatic rings. The number of para-hydroxylation sites is 1. The molecule has 0 aliphatic carbocycles. The van der Waals surface area contributed by atoms with Crippen molar-refractivity contribution in [3.8, 4) is 5.75 Å². The second kappa shape index (κ2) is 14.0. The number of carboxylic acids is 1. The zero-order chi connectivity index (χ0) is 30.2.